The Labute approximate surface area is 104 Å². The van der Waals surface area contributed by atoms with Crippen LogP contribution < -0.4 is 5.32 Å². The maximum Gasteiger partial charge on any atom is 0.317 e. The first-order valence-electron chi connectivity index (χ1n) is 6.87. The highest BCUT2D eigenvalue weighted by Crippen LogP contribution is 2.32. The van der Waals surface area contributed by atoms with Crippen LogP contribution in [0.3, 0.4) is 0 Å². The third-order valence-electron chi connectivity index (χ3n) is 3.75. The molecular weight excluding hydrogens is 216 g/mol. The lowest BCUT2D eigenvalue weighted by Crippen LogP contribution is -2.50. The SMILES string of the molecule is CCO[C@@H]1CCCN(C(=O)N[C@H](C)C2CC2)C1. The second kappa shape index (κ2) is 5.71. The van der Waals surface area contributed by atoms with Crippen LogP contribution in [-0.2, 0) is 4.74 Å². The van der Waals surface area contributed by atoms with Gasteiger partial charge < -0.3 is 15.0 Å². The number of urea groups is 1. The Kier molecular flexibility index (Phi) is 4.26. The van der Waals surface area contributed by atoms with Crippen LogP contribution in [0.2, 0.25) is 0 Å². The molecule has 0 unspecified atom stereocenters. The molecule has 0 aromatic carbocycles. The Balaban J connectivity index is 1.77. The van der Waals surface area contributed by atoms with Crippen LogP contribution in [0.4, 0.5) is 4.79 Å². The summed E-state index contributed by atoms with van der Waals surface area (Å²) in [6.07, 6.45) is 4.90. The maximum absolute atomic E-state index is 12.0. The summed E-state index contributed by atoms with van der Waals surface area (Å²) < 4.78 is 5.61. The molecule has 0 bridgehead atoms. The lowest BCUT2D eigenvalue weighted by molar-refractivity contribution is 0.0161. The molecule has 4 nitrogen and oxygen atoms in total. The standard InChI is InChI=1S/C13H24N2O2/c1-3-17-12-5-4-8-15(9-12)13(16)14-10(2)11-6-7-11/h10-12H,3-9H2,1-2H3,(H,14,16)/t10-,12-/m1/s1. The van der Waals surface area contributed by atoms with Gasteiger partial charge in [-0.2, -0.15) is 0 Å². The van der Waals surface area contributed by atoms with Crippen molar-refractivity contribution in [1.82, 2.24) is 10.2 Å². The van der Waals surface area contributed by atoms with Gasteiger partial charge >= 0.3 is 6.03 Å². The van der Waals surface area contributed by atoms with E-state index in [-0.39, 0.29) is 12.1 Å². The van der Waals surface area contributed by atoms with E-state index in [1.54, 1.807) is 0 Å². The van der Waals surface area contributed by atoms with E-state index >= 15 is 0 Å². The number of rotatable bonds is 4. The summed E-state index contributed by atoms with van der Waals surface area (Å²) in [7, 11) is 0. The summed E-state index contributed by atoms with van der Waals surface area (Å²) in [5, 5.41) is 3.11. The predicted octanol–water partition coefficient (Wildman–Crippen LogP) is 2.00. The first-order chi connectivity index (χ1) is 8.20. The number of hydrogen-bond acceptors (Lipinski definition) is 2. The predicted molar refractivity (Wildman–Crippen MR) is 66.9 cm³/mol. The summed E-state index contributed by atoms with van der Waals surface area (Å²) in [5.41, 5.74) is 0. The Hall–Kier alpha value is -0.770. The number of likely N-dealkylation sites (tertiary alicyclic amines) is 1. The molecule has 2 fully saturated rings. The third kappa shape index (κ3) is 3.60. The van der Waals surface area contributed by atoms with Crippen molar-refractivity contribution in [2.24, 2.45) is 5.92 Å². The molecule has 0 aromatic rings. The minimum atomic E-state index is 0.0915. The van der Waals surface area contributed by atoms with Gasteiger partial charge in [0.15, 0.2) is 0 Å². The van der Waals surface area contributed by atoms with Gasteiger partial charge in [-0.05, 0) is 45.4 Å². The van der Waals surface area contributed by atoms with E-state index in [1.807, 2.05) is 11.8 Å². The summed E-state index contributed by atoms with van der Waals surface area (Å²) in [6, 6.07) is 0.420. The Morgan fingerprint density at radius 3 is 2.88 bits per heavy atom. The molecule has 17 heavy (non-hydrogen) atoms. The minimum Gasteiger partial charge on any atom is -0.377 e. The van der Waals surface area contributed by atoms with Crippen LogP contribution in [0.5, 0.6) is 0 Å². The molecule has 2 rings (SSSR count). The second-order valence-electron chi connectivity index (χ2n) is 5.24. The number of carbonyl (C=O) groups is 1. The largest absolute Gasteiger partial charge is 0.377 e. The summed E-state index contributed by atoms with van der Waals surface area (Å²) >= 11 is 0. The molecule has 4 heteroatoms. The normalized spacial score (nSPS) is 26.7. The van der Waals surface area contributed by atoms with Crippen LogP contribution in [0.25, 0.3) is 0 Å². The van der Waals surface area contributed by atoms with Crippen molar-refractivity contribution in [1.29, 1.82) is 0 Å². The van der Waals surface area contributed by atoms with Crippen LogP contribution in [0.1, 0.15) is 39.5 Å². The molecular formula is C13H24N2O2. The highest BCUT2D eigenvalue weighted by Gasteiger charge is 2.31. The first-order valence-corrected chi connectivity index (χ1v) is 6.87. The van der Waals surface area contributed by atoms with E-state index in [1.165, 1.54) is 12.8 Å². The van der Waals surface area contributed by atoms with Gasteiger partial charge in [0.2, 0.25) is 0 Å². The van der Waals surface area contributed by atoms with Crippen molar-refractivity contribution >= 4 is 6.03 Å². The molecule has 2 aliphatic rings. The van der Waals surface area contributed by atoms with Crippen LogP contribution >= 0.6 is 0 Å². The molecule has 1 aliphatic carbocycles. The fraction of sp³-hybridized carbons (Fsp3) is 0.923. The van der Waals surface area contributed by atoms with Gasteiger partial charge in [0.05, 0.1) is 6.10 Å². The zero-order chi connectivity index (χ0) is 12.3. The number of amides is 2. The van der Waals surface area contributed by atoms with E-state index in [0.717, 1.165) is 32.5 Å². The van der Waals surface area contributed by atoms with Gasteiger partial charge in [-0.25, -0.2) is 4.79 Å². The van der Waals surface area contributed by atoms with Crippen LogP contribution in [0.15, 0.2) is 0 Å². The Morgan fingerprint density at radius 1 is 1.47 bits per heavy atom. The average molecular weight is 240 g/mol. The molecule has 98 valence electrons. The first kappa shape index (κ1) is 12.7. The van der Waals surface area contributed by atoms with Gasteiger partial charge in [-0.3, -0.25) is 0 Å². The van der Waals surface area contributed by atoms with Gasteiger partial charge in [0.1, 0.15) is 0 Å². The summed E-state index contributed by atoms with van der Waals surface area (Å²) in [4.78, 5) is 14.0. The van der Waals surface area contributed by atoms with Crippen molar-refractivity contribution in [2.75, 3.05) is 19.7 Å². The van der Waals surface area contributed by atoms with E-state index in [4.69, 9.17) is 4.74 Å². The van der Waals surface area contributed by atoms with E-state index in [2.05, 4.69) is 12.2 Å². The molecule has 2 atom stereocenters. The Bertz CT molecular complexity index is 264. The third-order valence-corrected chi connectivity index (χ3v) is 3.75. The molecule has 1 N–H and O–H groups in total. The van der Waals surface area contributed by atoms with Gasteiger partial charge in [0, 0.05) is 25.7 Å². The summed E-state index contributed by atoms with van der Waals surface area (Å²) in [6.45, 7) is 6.47. The second-order valence-corrected chi connectivity index (χ2v) is 5.24. The van der Waals surface area contributed by atoms with Crippen molar-refractivity contribution in [2.45, 2.75) is 51.7 Å². The summed E-state index contributed by atoms with van der Waals surface area (Å²) in [5.74, 6) is 0.714. The van der Waals surface area contributed by atoms with Crippen molar-refractivity contribution < 1.29 is 9.53 Å². The smallest absolute Gasteiger partial charge is 0.317 e. The van der Waals surface area contributed by atoms with Crippen LogP contribution in [-0.4, -0.2) is 42.8 Å². The van der Waals surface area contributed by atoms with Crippen molar-refractivity contribution in [3.8, 4) is 0 Å². The highest BCUT2D eigenvalue weighted by atomic mass is 16.5. The number of ether oxygens (including phenoxy) is 1. The fourth-order valence-corrected chi connectivity index (χ4v) is 2.49. The van der Waals surface area contributed by atoms with Crippen molar-refractivity contribution in [3.63, 3.8) is 0 Å². The number of nitrogens with one attached hydrogen (secondary N) is 1. The molecule has 1 aliphatic heterocycles. The van der Waals surface area contributed by atoms with E-state index in [0.29, 0.717) is 12.0 Å². The number of nitrogens with zero attached hydrogens (tertiary/aromatic N) is 1. The topological polar surface area (TPSA) is 41.6 Å². The fourth-order valence-electron chi connectivity index (χ4n) is 2.49. The van der Waals surface area contributed by atoms with Gasteiger partial charge in [-0.15, -0.1) is 0 Å². The van der Waals surface area contributed by atoms with E-state index < -0.39 is 0 Å². The lowest BCUT2D eigenvalue weighted by Gasteiger charge is -2.33. The molecule has 0 radical (unpaired) electrons. The Morgan fingerprint density at radius 2 is 2.24 bits per heavy atom. The molecule has 1 saturated heterocycles. The lowest BCUT2D eigenvalue weighted by atomic mass is 10.1. The minimum absolute atomic E-state index is 0.0915. The molecule has 0 aromatic heterocycles. The molecule has 2 amide bonds. The zero-order valence-corrected chi connectivity index (χ0v) is 10.9. The zero-order valence-electron chi connectivity index (χ0n) is 10.9. The van der Waals surface area contributed by atoms with Gasteiger partial charge in [0.25, 0.3) is 0 Å². The van der Waals surface area contributed by atoms with E-state index in [9.17, 15) is 4.79 Å². The number of piperidine rings is 1. The highest BCUT2D eigenvalue weighted by molar-refractivity contribution is 5.74. The molecule has 1 saturated carbocycles. The molecule has 0 spiro atoms. The average Bonchev–Trinajstić information content (AvgIpc) is 3.13. The van der Waals surface area contributed by atoms with Gasteiger partial charge in [-0.1, -0.05) is 0 Å². The number of hydrogen-bond donors (Lipinski definition) is 1. The quantitative estimate of drug-likeness (QED) is 0.816. The molecule has 1 heterocycles. The number of carbonyl (C=O) groups excluding carboxylic acids is 1. The van der Waals surface area contributed by atoms with Crippen LogP contribution in [0, 0.1) is 5.92 Å². The van der Waals surface area contributed by atoms with Crippen molar-refractivity contribution in [3.05, 3.63) is 0 Å². The maximum atomic E-state index is 12.0. The monoisotopic (exact) mass is 240 g/mol.